The van der Waals surface area contributed by atoms with Gasteiger partial charge in [-0.05, 0) is 17.1 Å². The molecule has 0 atom stereocenters. The standard InChI is InChI=1S/C8H6N3/c1-2-5-9-8(4-1)11-7-3-6-10-11/h1-3,5-7H/q+1. The fourth-order valence-electron chi connectivity index (χ4n) is 0.836. The van der Waals surface area contributed by atoms with E-state index in [2.05, 4.69) is 16.2 Å². The van der Waals surface area contributed by atoms with E-state index in [9.17, 15) is 0 Å². The molecule has 1 aliphatic rings. The number of allylic oxidation sites excluding steroid dienone is 1. The summed E-state index contributed by atoms with van der Waals surface area (Å²) >= 11 is 0. The van der Waals surface area contributed by atoms with Crippen molar-refractivity contribution in [2.24, 2.45) is 0 Å². The summed E-state index contributed by atoms with van der Waals surface area (Å²) in [6, 6.07) is 6.60. The van der Waals surface area contributed by atoms with E-state index >= 15 is 0 Å². The van der Waals surface area contributed by atoms with Crippen LogP contribution < -0.4 is 10.1 Å². The van der Waals surface area contributed by atoms with Crippen LogP contribution in [0.2, 0.25) is 0 Å². The van der Waals surface area contributed by atoms with Crippen molar-refractivity contribution in [2.75, 3.05) is 5.01 Å². The zero-order chi connectivity index (χ0) is 7.52. The molecule has 0 spiro atoms. The molecule has 0 bridgehead atoms. The predicted octanol–water partition coefficient (Wildman–Crippen LogP) is 0.537. The zero-order valence-corrected chi connectivity index (χ0v) is 5.81. The average Bonchev–Trinajstić information content (AvgIpc) is 2.58. The highest BCUT2D eigenvalue weighted by atomic mass is 15.5. The number of hydrazone groups is 1. The van der Waals surface area contributed by atoms with Crippen molar-refractivity contribution in [3.8, 4) is 0 Å². The number of aromatic nitrogens is 1. The molecule has 11 heavy (non-hydrogen) atoms. The zero-order valence-electron chi connectivity index (χ0n) is 5.81. The molecule has 3 heteroatoms. The molecule has 1 aliphatic heterocycles. The highest BCUT2D eigenvalue weighted by Gasteiger charge is 2.14. The van der Waals surface area contributed by atoms with E-state index < -0.39 is 0 Å². The molecule has 0 aromatic carbocycles. The van der Waals surface area contributed by atoms with E-state index in [4.69, 9.17) is 0 Å². The molecule has 2 radical (unpaired) electrons. The topological polar surface area (TPSA) is 30.2 Å². The molecule has 52 valence electrons. The fraction of sp³-hybridized carbons (Fsp3) is 0. The minimum Gasteiger partial charge on any atom is -0.233 e. The maximum atomic E-state index is 4.07. The monoisotopic (exact) mass is 144 g/mol. The van der Waals surface area contributed by atoms with Gasteiger partial charge in [-0.1, -0.05) is 0 Å². The molecule has 3 nitrogen and oxygen atoms in total. The van der Waals surface area contributed by atoms with Crippen LogP contribution in [0.5, 0.6) is 0 Å². The largest absolute Gasteiger partial charge is 0.277 e. The van der Waals surface area contributed by atoms with Gasteiger partial charge in [-0.3, -0.25) is 0 Å². The lowest BCUT2D eigenvalue weighted by Gasteiger charge is -1.95. The summed E-state index contributed by atoms with van der Waals surface area (Å²) in [6.07, 6.45) is 7.11. The third kappa shape index (κ3) is 1.12. The Morgan fingerprint density at radius 2 is 2.55 bits per heavy atom. The first kappa shape index (κ1) is 6.09. The van der Waals surface area contributed by atoms with E-state index in [-0.39, 0.29) is 0 Å². The SMILES string of the molecule is [c]1cccnc1N1C=CC=[N+]1. The van der Waals surface area contributed by atoms with Gasteiger partial charge in [0, 0.05) is 18.3 Å². The summed E-state index contributed by atoms with van der Waals surface area (Å²) in [7, 11) is 0. The Morgan fingerprint density at radius 1 is 1.55 bits per heavy atom. The third-order valence-corrected chi connectivity index (χ3v) is 1.31. The molecule has 0 aliphatic carbocycles. The number of hydrogen-bond donors (Lipinski definition) is 0. The van der Waals surface area contributed by atoms with Crippen molar-refractivity contribution in [2.45, 2.75) is 0 Å². The van der Waals surface area contributed by atoms with Crippen LogP contribution in [0.3, 0.4) is 0 Å². The Bertz CT molecular complexity index is 277. The van der Waals surface area contributed by atoms with Crippen LogP contribution in [-0.4, -0.2) is 11.2 Å². The molecule has 0 unspecified atom stereocenters. The van der Waals surface area contributed by atoms with Gasteiger partial charge in [-0.25, -0.2) is 4.98 Å². The first-order valence-electron chi connectivity index (χ1n) is 3.29. The lowest BCUT2D eigenvalue weighted by molar-refractivity contribution is 0.965. The summed E-state index contributed by atoms with van der Waals surface area (Å²) in [5, 5.41) is 5.68. The van der Waals surface area contributed by atoms with Crippen molar-refractivity contribution in [1.82, 2.24) is 10.1 Å². The van der Waals surface area contributed by atoms with Crippen LogP contribution in [0.15, 0.2) is 30.6 Å². The smallest absolute Gasteiger partial charge is 0.233 e. The number of nitrogens with zero attached hydrogens (tertiary/aromatic N) is 3. The van der Waals surface area contributed by atoms with Gasteiger partial charge in [-0.15, -0.1) is 0 Å². The van der Waals surface area contributed by atoms with E-state index in [0.29, 0.717) is 0 Å². The van der Waals surface area contributed by atoms with Gasteiger partial charge in [0.05, 0.1) is 6.20 Å². The molecular weight excluding hydrogens is 138 g/mol. The summed E-state index contributed by atoms with van der Waals surface area (Å²) < 4.78 is 0. The second-order valence-corrected chi connectivity index (χ2v) is 2.06. The summed E-state index contributed by atoms with van der Waals surface area (Å²) in [6.45, 7) is 0. The van der Waals surface area contributed by atoms with Crippen molar-refractivity contribution >= 4 is 12.0 Å². The quantitative estimate of drug-likeness (QED) is 0.575. The van der Waals surface area contributed by atoms with Crippen LogP contribution in [0, 0.1) is 6.07 Å². The van der Waals surface area contributed by atoms with E-state index in [0.717, 1.165) is 5.82 Å². The summed E-state index contributed by atoms with van der Waals surface area (Å²) in [5.74, 6) is 0.720. The molecule has 0 amide bonds. The van der Waals surface area contributed by atoms with Crippen molar-refractivity contribution in [1.29, 1.82) is 0 Å². The highest BCUT2D eigenvalue weighted by Crippen LogP contribution is 2.06. The summed E-state index contributed by atoms with van der Waals surface area (Å²) in [5.41, 5.74) is 0. The van der Waals surface area contributed by atoms with E-state index in [1.165, 1.54) is 0 Å². The maximum Gasteiger partial charge on any atom is 0.277 e. The molecule has 1 aromatic heterocycles. The second kappa shape index (κ2) is 2.54. The molecule has 1 aromatic rings. The second-order valence-electron chi connectivity index (χ2n) is 2.06. The van der Waals surface area contributed by atoms with Gasteiger partial charge in [0.15, 0.2) is 5.10 Å². The van der Waals surface area contributed by atoms with Crippen LogP contribution >= 0.6 is 0 Å². The average molecular weight is 144 g/mol. The van der Waals surface area contributed by atoms with Crippen molar-refractivity contribution in [3.05, 3.63) is 36.7 Å². The Labute approximate surface area is 64.7 Å². The van der Waals surface area contributed by atoms with Crippen LogP contribution in [0.25, 0.3) is 0 Å². The fourth-order valence-corrected chi connectivity index (χ4v) is 0.836. The Hall–Kier alpha value is -1.64. The van der Waals surface area contributed by atoms with Crippen molar-refractivity contribution < 1.29 is 0 Å². The number of rotatable bonds is 1. The molecule has 0 N–H and O–H groups in total. The Kier molecular flexibility index (Phi) is 1.41. The van der Waals surface area contributed by atoms with Gasteiger partial charge in [0.1, 0.15) is 0 Å². The van der Waals surface area contributed by atoms with Gasteiger partial charge in [0.25, 0.3) is 6.21 Å². The van der Waals surface area contributed by atoms with Crippen molar-refractivity contribution in [3.63, 3.8) is 0 Å². The van der Waals surface area contributed by atoms with Crippen LogP contribution in [0.4, 0.5) is 5.82 Å². The lowest BCUT2D eigenvalue weighted by Crippen LogP contribution is -2.15. The highest BCUT2D eigenvalue weighted by molar-refractivity contribution is 5.74. The van der Waals surface area contributed by atoms with Gasteiger partial charge >= 0.3 is 0 Å². The van der Waals surface area contributed by atoms with E-state index in [1.54, 1.807) is 17.4 Å². The van der Waals surface area contributed by atoms with Gasteiger partial charge in [0.2, 0.25) is 5.82 Å². The van der Waals surface area contributed by atoms with Crippen LogP contribution in [0.1, 0.15) is 0 Å². The molecule has 0 saturated heterocycles. The first-order chi connectivity index (χ1) is 5.47. The predicted molar refractivity (Wildman–Crippen MR) is 42.9 cm³/mol. The number of pyridine rings is 1. The lowest BCUT2D eigenvalue weighted by atomic mass is 10.4. The van der Waals surface area contributed by atoms with Gasteiger partial charge in [-0.2, -0.15) is 0 Å². The molecule has 2 rings (SSSR count). The molecule has 0 fully saturated rings. The normalized spacial score (nSPS) is 14.4. The van der Waals surface area contributed by atoms with E-state index in [1.807, 2.05) is 24.4 Å². The molecular formula is C8H6N3+. The Balaban J connectivity index is 2.30. The molecule has 2 heterocycles. The molecule has 0 saturated carbocycles. The first-order valence-corrected chi connectivity index (χ1v) is 3.29. The minimum absolute atomic E-state index is 0.720. The third-order valence-electron chi connectivity index (χ3n) is 1.31. The Morgan fingerprint density at radius 3 is 3.18 bits per heavy atom. The summed E-state index contributed by atoms with van der Waals surface area (Å²) in [4.78, 5) is 4.07. The number of anilines is 1. The number of hydrogen-bond acceptors (Lipinski definition) is 3. The van der Waals surface area contributed by atoms with Crippen LogP contribution in [-0.2, 0) is 0 Å². The maximum absolute atomic E-state index is 4.07. The van der Waals surface area contributed by atoms with Gasteiger partial charge < -0.3 is 0 Å². The minimum atomic E-state index is 0.720.